The average Bonchev–Trinajstić information content (AvgIpc) is 3.08. The van der Waals surface area contributed by atoms with Crippen molar-refractivity contribution < 1.29 is 19.4 Å². The van der Waals surface area contributed by atoms with E-state index in [2.05, 4.69) is 5.32 Å². The van der Waals surface area contributed by atoms with E-state index in [1.165, 1.54) is 0 Å². The van der Waals surface area contributed by atoms with Gasteiger partial charge in [0.05, 0.1) is 18.2 Å². The van der Waals surface area contributed by atoms with Crippen molar-refractivity contribution in [2.45, 2.75) is 64.4 Å². The standard InChI is InChI=1S/C23H29NO4/c1-15(2)27-19-9-5-17(6-10-19)23(26,21-13-14-22(25)24-21)18-7-11-20(12-8-18)28-16(3)4/h5-12,15-16,21,26H,13-14H2,1-4H3,(H,24,25)/t21-/m0/s1. The molecule has 2 aromatic rings. The van der Waals surface area contributed by atoms with Crippen LogP contribution in [-0.2, 0) is 10.4 Å². The highest BCUT2D eigenvalue weighted by Gasteiger charge is 2.43. The summed E-state index contributed by atoms with van der Waals surface area (Å²) in [5.74, 6) is 1.46. The van der Waals surface area contributed by atoms with Gasteiger partial charge in [-0.3, -0.25) is 4.79 Å². The summed E-state index contributed by atoms with van der Waals surface area (Å²) in [4.78, 5) is 11.9. The van der Waals surface area contributed by atoms with Crippen molar-refractivity contribution in [1.29, 1.82) is 0 Å². The molecule has 1 atom stereocenters. The van der Waals surface area contributed by atoms with Crippen molar-refractivity contribution in [3.63, 3.8) is 0 Å². The van der Waals surface area contributed by atoms with E-state index in [1.807, 2.05) is 76.2 Å². The lowest BCUT2D eigenvalue weighted by Crippen LogP contribution is -2.47. The van der Waals surface area contributed by atoms with Crippen LogP contribution >= 0.6 is 0 Å². The van der Waals surface area contributed by atoms with Crippen LogP contribution in [0.3, 0.4) is 0 Å². The van der Waals surface area contributed by atoms with Crippen LogP contribution in [0.4, 0.5) is 0 Å². The average molecular weight is 383 g/mol. The third-order valence-electron chi connectivity index (χ3n) is 4.83. The molecular formula is C23H29NO4. The Labute approximate surface area is 166 Å². The van der Waals surface area contributed by atoms with Crippen LogP contribution in [0.25, 0.3) is 0 Å². The second kappa shape index (κ2) is 8.23. The number of benzene rings is 2. The van der Waals surface area contributed by atoms with E-state index in [1.54, 1.807) is 0 Å². The highest BCUT2D eigenvalue weighted by atomic mass is 16.5. The Morgan fingerprint density at radius 2 is 1.32 bits per heavy atom. The van der Waals surface area contributed by atoms with Crippen LogP contribution in [-0.4, -0.2) is 29.3 Å². The van der Waals surface area contributed by atoms with Crippen molar-refractivity contribution in [1.82, 2.24) is 5.32 Å². The maximum absolute atomic E-state index is 11.9. The minimum absolute atomic E-state index is 0.0389. The Morgan fingerprint density at radius 3 is 1.64 bits per heavy atom. The number of amides is 1. The van der Waals surface area contributed by atoms with Gasteiger partial charge < -0.3 is 19.9 Å². The van der Waals surface area contributed by atoms with Gasteiger partial charge in [-0.2, -0.15) is 0 Å². The molecule has 0 spiro atoms. The molecule has 1 aliphatic rings. The molecule has 1 saturated heterocycles. The summed E-state index contributed by atoms with van der Waals surface area (Å²) in [6, 6.07) is 14.5. The first kappa shape index (κ1) is 20.2. The summed E-state index contributed by atoms with van der Waals surface area (Å²) in [5.41, 5.74) is 0.0977. The Bertz CT molecular complexity index is 743. The van der Waals surface area contributed by atoms with Crippen LogP contribution < -0.4 is 14.8 Å². The van der Waals surface area contributed by atoms with E-state index in [0.29, 0.717) is 24.0 Å². The zero-order valence-corrected chi connectivity index (χ0v) is 16.9. The summed E-state index contributed by atoms with van der Waals surface area (Å²) < 4.78 is 11.4. The number of carbonyl (C=O) groups excluding carboxylic acids is 1. The molecule has 0 aliphatic carbocycles. The van der Waals surface area contributed by atoms with E-state index < -0.39 is 11.6 Å². The third-order valence-corrected chi connectivity index (χ3v) is 4.83. The zero-order valence-electron chi connectivity index (χ0n) is 16.9. The molecule has 5 nitrogen and oxygen atoms in total. The van der Waals surface area contributed by atoms with Crippen LogP contribution in [0.1, 0.15) is 51.7 Å². The number of nitrogens with one attached hydrogen (secondary N) is 1. The quantitative estimate of drug-likeness (QED) is 0.764. The van der Waals surface area contributed by atoms with Gasteiger partial charge in [0, 0.05) is 6.42 Å². The van der Waals surface area contributed by atoms with Crippen molar-refractivity contribution in [3.05, 3.63) is 59.7 Å². The number of carbonyl (C=O) groups is 1. The molecule has 0 aromatic heterocycles. The van der Waals surface area contributed by atoms with E-state index in [0.717, 1.165) is 11.5 Å². The van der Waals surface area contributed by atoms with E-state index in [-0.39, 0.29) is 18.1 Å². The monoisotopic (exact) mass is 383 g/mol. The molecule has 0 unspecified atom stereocenters. The van der Waals surface area contributed by atoms with Crippen molar-refractivity contribution in [3.8, 4) is 11.5 Å². The second-order valence-electron chi connectivity index (χ2n) is 7.81. The molecule has 1 fully saturated rings. The van der Waals surface area contributed by atoms with Crippen LogP contribution in [0, 0.1) is 0 Å². The molecule has 1 heterocycles. The number of rotatable bonds is 7. The molecular weight excluding hydrogens is 354 g/mol. The van der Waals surface area contributed by atoms with Gasteiger partial charge in [0.1, 0.15) is 17.1 Å². The Balaban J connectivity index is 1.97. The summed E-state index contributed by atoms with van der Waals surface area (Å²) in [6.45, 7) is 7.89. The highest BCUT2D eigenvalue weighted by Crippen LogP contribution is 2.38. The van der Waals surface area contributed by atoms with Crippen LogP contribution in [0.5, 0.6) is 11.5 Å². The summed E-state index contributed by atoms with van der Waals surface area (Å²) in [7, 11) is 0. The lowest BCUT2D eigenvalue weighted by atomic mass is 9.79. The lowest BCUT2D eigenvalue weighted by molar-refractivity contribution is -0.120. The van der Waals surface area contributed by atoms with Crippen LogP contribution in [0.2, 0.25) is 0 Å². The fourth-order valence-electron chi connectivity index (χ4n) is 3.62. The molecule has 1 amide bonds. The van der Waals surface area contributed by atoms with E-state index in [9.17, 15) is 9.90 Å². The highest BCUT2D eigenvalue weighted by molar-refractivity contribution is 5.79. The maximum Gasteiger partial charge on any atom is 0.220 e. The Kier molecular flexibility index (Phi) is 5.94. The predicted molar refractivity (Wildman–Crippen MR) is 109 cm³/mol. The lowest BCUT2D eigenvalue weighted by Gasteiger charge is -2.35. The Hall–Kier alpha value is -2.53. The number of hydrogen-bond donors (Lipinski definition) is 2. The largest absolute Gasteiger partial charge is 0.491 e. The molecule has 150 valence electrons. The van der Waals surface area contributed by atoms with Gasteiger partial charge in [0.25, 0.3) is 0 Å². The van der Waals surface area contributed by atoms with Gasteiger partial charge in [-0.1, -0.05) is 24.3 Å². The minimum Gasteiger partial charge on any atom is -0.491 e. The Morgan fingerprint density at radius 1 is 0.893 bits per heavy atom. The molecule has 28 heavy (non-hydrogen) atoms. The number of hydrogen-bond acceptors (Lipinski definition) is 4. The fourth-order valence-corrected chi connectivity index (χ4v) is 3.62. The summed E-state index contributed by atoms with van der Waals surface area (Å²) in [6.07, 6.45) is 1.14. The van der Waals surface area contributed by atoms with Gasteiger partial charge >= 0.3 is 0 Å². The molecule has 3 rings (SSSR count). The number of ether oxygens (including phenoxy) is 2. The molecule has 2 aromatic carbocycles. The van der Waals surface area contributed by atoms with Gasteiger partial charge in [-0.25, -0.2) is 0 Å². The molecule has 5 heteroatoms. The first-order chi connectivity index (χ1) is 13.3. The SMILES string of the molecule is CC(C)Oc1ccc(C(O)(c2ccc(OC(C)C)cc2)[C@@H]2CCC(=O)N2)cc1. The van der Waals surface area contributed by atoms with Gasteiger partial charge in [0.2, 0.25) is 5.91 Å². The first-order valence-corrected chi connectivity index (χ1v) is 9.85. The van der Waals surface area contributed by atoms with Crippen molar-refractivity contribution in [2.24, 2.45) is 0 Å². The smallest absolute Gasteiger partial charge is 0.220 e. The third kappa shape index (κ3) is 4.30. The van der Waals surface area contributed by atoms with Crippen molar-refractivity contribution in [2.75, 3.05) is 0 Å². The van der Waals surface area contributed by atoms with Crippen LogP contribution in [0.15, 0.2) is 48.5 Å². The molecule has 0 bridgehead atoms. The van der Waals surface area contributed by atoms with Gasteiger partial charge in [-0.05, 0) is 69.5 Å². The normalized spacial score (nSPS) is 17.1. The molecule has 1 aliphatic heterocycles. The van der Waals surface area contributed by atoms with Crippen molar-refractivity contribution >= 4 is 5.91 Å². The molecule has 2 N–H and O–H groups in total. The molecule has 0 saturated carbocycles. The summed E-state index contributed by atoms with van der Waals surface area (Å²) >= 11 is 0. The first-order valence-electron chi connectivity index (χ1n) is 9.85. The number of aliphatic hydroxyl groups is 1. The second-order valence-corrected chi connectivity index (χ2v) is 7.81. The molecule has 0 radical (unpaired) electrons. The maximum atomic E-state index is 11.9. The predicted octanol–water partition coefficient (Wildman–Crippen LogP) is 3.78. The topological polar surface area (TPSA) is 67.8 Å². The van der Waals surface area contributed by atoms with E-state index >= 15 is 0 Å². The fraction of sp³-hybridized carbons (Fsp3) is 0.435. The minimum atomic E-state index is -1.33. The zero-order chi connectivity index (χ0) is 20.3. The summed E-state index contributed by atoms with van der Waals surface area (Å²) in [5, 5.41) is 14.8. The van der Waals surface area contributed by atoms with E-state index in [4.69, 9.17) is 9.47 Å². The van der Waals surface area contributed by atoms with Gasteiger partial charge in [0.15, 0.2) is 0 Å². The van der Waals surface area contributed by atoms with Gasteiger partial charge in [-0.15, -0.1) is 0 Å².